The van der Waals surface area contributed by atoms with Crippen molar-refractivity contribution in [2.75, 3.05) is 13.7 Å². The lowest BCUT2D eigenvalue weighted by Gasteiger charge is -2.20. The molecule has 0 aromatic heterocycles. The van der Waals surface area contributed by atoms with Gasteiger partial charge in [0.1, 0.15) is 0 Å². The lowest BCUT2D eigenvalue weighted by Crippen LogP contribution is -2.39. The highest BCUT2D eigenvalue weighted by Gasteiger charge is 2.31. The SMILES string of the molecule is COCCC(Cc1cccc(Br)c1)C(=O)N[C@H]1CC[C@@H](C(=O)O)C1. The molecule has 1 aromatic carbocycles. The Morgan fingerprint density at radius 2 is 2.21 bits per heavy atom. The smallest absolute Gasteiger partial charge is 0.306 e. The number of halogens is 1. The molecule has 1 aliphatic rings. The second-order valence-electron chi connectivity index (χ2n) is 6.37. The second-order valence-corrected chi connectivity index (χ2v) is 7.28. The lowest BCUT2D eigenvalue weighted by atomic mass is 9.95. The summed E-state index contributed by atoms with van der Waals surface area (Å²) >= 11 is 3.45. The molecule has 0 bridgehead atoms. The predicted octanol–water partition coefficient (Wildman–Crippen LogP) is 3.01. The van der Waals surface area contributed by atoms with Crippen molar-refractivity contribution in [2.45, 2.75) is 38.1 Å². The molecule has 0 aliphatic heterocycles. The molecule has 1 fully saturated rings. The van der Waals surface area contributed by atoms with Crippen molar-refractivity contribution >= 4 is 27.8 Å². The number of carbonyl (C=O) groups excluding carboxylic acids is 1. The fourth-order valence-electron chi connectivity index (χ4n) is 3.19. The molecular weight excluding hydrogens is 374 g/mol. The fraction of sp³-hybridized carbons (Fsp3) is 0.556. The van der Waals surface area contributed by atoms with Gasteiger partial charge in [0.25, 0.3) is 0 Å². The van der Waals surface area contributed by atoms with E-state index in [0.29, 0.717) is 32.3 Å². The van der Waals surface area contributed by atoms with Gasteiger partial charge in [0.15, 0.2) is 0 Å². The van der Waals surface area contributed by atoms with Crippen LogP contribution in [0.15, 0.2) is 28.7 Å². The standard InChI is InChI=1S/C18H24BrNO4/c1-24-8-7-13(9-12-3-2-4-15(19)10-12)17(21)20-16-6-5-14(11-16)18(22)23/h2-4,10,13-14,16H,5-9,11H2,1H3,(H,20,21)(H,22,23)/t13?,14-,16+/m1/s1. The van der Waals surface area contributed by atoms with Crippen LogP contribution in [0.5, 0.6) is 0 Å². The summed E-state index contributed by atoms with van der Waals surface area (Å²) in [7, 11) is 1.63. The molecule has 3 atom stereocenters. The summed E-state index contributed by atoms with van der Waals surface area (Å²) in [4.78, 5) is 23.7. The molecule has 1 aliphatic carbocycles. The molecule has 1 unspecified atom stereocenters. The lowest BCUT2D eigenvalue weighted by molar-refractivity contribution is -0.141. The van der Waals surface area contributed by atoms with E-state index >= 15 is 0 Å². The van der Waals surface area contributed by atoms with Crippen LogP contribution >= 0.6 is 15.9 Å². The number of amides is 1. The number of benzene rings is 1. The van der Waals surface area contributed by atoms with Crippen molar-refractivity contribution in [3.63, 3.8) is 0 Å². The largest absolute Gasteiger partial charge is 0.481 e. The van der Waals surface area contributed by atoms with Gasteiger partial charge in [-0.3, -0.25) is 9.59 Å². The minimum absolute atomic E-state index is 0.0111. The quantitative estimate of drug-likeness (QED) is 0.706. The van der Waals surface area contributed by atoms with Crippen LogP contribution in [0.1, 0.15) is 31.2 Å². The van der Waals surface area contributed by atoms with E-state index in [-0.39, 0.29) is 23.8 Å². The van der Waals surface area contributed by atoms with Gasteiger partial charge in [0.2, 0.25) is 5.91 Å². The molecule has 1 amide bonds. The highest BCUT2D eigenvalue weighted by atomic mass is 79.9. The Hall–Kier alpha value is -1.40. The Labute approximate surface area is 150 Å². The van der Waals surface area contributed by atoms with Crippen molar-refractivity contribution < 1.29 is 19.4 Å². The molecule has 2 rings (SSSR count). The Balaban J connectivity index is 1.96. The molecule has 0 radical (unpaired) electrons. The van der Waals surface area contributed by atoms with Crippen molar-refractivity contribution in [1.29, 1.82) is 0 Å². The number of aliphatic carboxylic acids is 1. The zero-order valence-electron chi connectivity index (χ0n) is 13.8. The molecule has 5 nitrogen and oxygen atoms in total. The summed E-state index contributed by atoms with van der Waals surface area (Å²) in [6.07, 6.45) is 3.17. The van der Waals surface area contributed by atoms with Gasteiger partial charge in [-0.25, -0.2) is 0 Å². The van der Waals surface area contributed by atoms with Crippen molar-refractivity contribution in [3.05, 3.63) is 34.3 Å². The molecule has 0 saturated heterocycles. The zero-order chi connectivity index (χ0) is 17.5. The monoisotopic (exact) mass is 397 g/mol. The van der Waals surface area contributed by atoms with E-state index in [2.05, 4.69) is 21.2 Å². The van der Waals surface area contributed by atoms with E-state index in [0.717, 1.165) is 16.5 Å². The van der Waals surface area contributed by atoms with Crippen LogP contribution in [0.25, 0.3) is 0 Å². The first kappa shape index (κ1) is 18.9. The van der Waals surface area contributed by atoms with E-state index in [4.69, 9.17) is 9.84 Å². The molecule has 1 aromatic rings. The highest BCUT2D eigenvalue weighted by Crippen LogP contribution is 2.26. The highest BCUT2D eigenvalue weighted by molar-refractivity contribution is 9.10. The minimum Gasteiger partial charge on any atom is -0.481 e. The maximum absolute atomic E-state index is 12.6. The van der Waals surface area contributed by atoms with Crippen molar-refractivity contribution in [3.8, 4) is 0 Å². The number of nitrogens with one attached hydrogen (secondary N) is 1. The molecule has 24 heavy (non-hydrogen) atoms. The van der Waals surface area contributed by atoms with Crippen LogP contribution < -0.4 is 5.32 Å². The third-order valence-electron chi connectivity index (χ3n) is 4.54. The van der Waals surface area contributed by atoms with Gasteiger partial charge in [-0.1, -0.05) is 28.1 Å². The first-order valence-electron chi connectivity index (χ1n) is 8.26. The van der Waals surface area contributed by atoms with E-state index < -0.39 is 5.97 Å². The molecule has 0 heterocycles. The summed E-state index contributed by atoms with van der Waals surface area (Å²) in [5, 5.41) is 12.1. The average Bonchev–Trinajstić information content (AvgIpc) is 3.00. The fourth-order valence-corrected chi connectivity index (χ4v) is 3.64. The number of carboxylic acid groups (broad SMARTS) is 1. The van der Waals surface area contributed by atoms with Crippen LogP contribution in [0.3, 0.4) is 0 Å². The maximum Gasteiger partial charge on any atom is 0.306 e. The van der Waals surface area contributed by atoms with Gasteiger partial charge in [-0.15, -0.1) is 0 Å². The molecule has 2 N–H and O–H groups in total. The van der Waals surface area contributed by atoms with Gasteiger partial charge in [-0.05, 0) is 49.8 Å². The molecule has 0 spiro atoms. The van der Waals surface area contributed by atoms with E-state index in [1.165, 1.54) is 0 Å². The van der Waals surface area contributed by atoms with Crippen LogP contribution in [0, 0.1) is 11.8 Å². The van der Waals surface area contributed by atoms with Crippen molar-refractivity contribution in [2.24, 2.45) is 11.8 Å². The van der Waals surface area contributed by atoms with Crippen LogP contribution in [0.2, 0.25) is 0 Å². The van der Waals surface area contributed by atoms with E-state index in [9.17, 15) is 9.59 Å². The molecule has 6 heteroatoms. The van der Waals surface area contributed by atoms with Crippen LogP contribution in [-0.2, 0) is 20.7 Å². The summed E-state index contributed by atoms with van der Waals surface area (Å²) < 4.78 is 6.13. The van der Waals surface area contributed by atoms with Gasteiger partial charge in [0, 0.05) is 30.1 Å². The van der Waals surface area contributed by atoms with E-state index in [1.54, 1.807) is 7.11 Å². The Morgan fingerprint density at radius 3 is 2.83 bits per heavy atom. The van der Waals surface area contributed by atoms with Crippen molar-refractivity contribution in [1.82, 2.24) is 5.32 Å². The number of rotatable bonds is 8. The van der Waals surface area contributed by atoms with Gasteiger partial charge < -0.3 is 15.2 Å². The van der Waals surface area contributed by atoms with Gasteiger partial charge >= 0.3 is 5.97 Å². The number of hydrogen-bond acceptors (Lipinski definition) is 3. The predicted molar refractivity (Wildman–Crippen MR) is 94.7 cm³/mol. The Bertz CT molecular complexity index is 578. The van der Waals surface area contributed by atoms with Crippen LogP contribution in [0.4, 0.5) is 0 Å². The topological polar surface area (TPSA) is 75.6 Å². The van der Waals surface area contributed by atoms with E-state index in [1.807, 2.05) is 24.3 Å². The molecule has 132 valence electrons. The minimum atomic E-state index is -0.767. The Kier molecular flexibility index (Phi) is 7.24. The number of carbonyl (C=O) groups is 2. The summed E-state index contributed by atoms with van der Waals surface area (Å²) in [6, 6.07) is 7.90. The Morgan fingerprint density at radius 1 is 1.42 bits per heavy atom. The first-order chi connectivity index (χ1) is 11.5. The number of hydrogen-bond donors (Lipinski definition) is 2. The summed E-state index contributed by atoms with van der Waals surface area (Å²) in [5.41, 5.74) is 1.09. The second kappa shape index (κ2) is 9.18. The third-order valence-corrected chi connectivity index (χ3v) is 5.03. The van der Waals surface area contributed by atoms with Crippen LogP contribution in [-0.4, -0.2) is 36.7 Å². The molecule has 1 saturated carbocycles. The zero-order valence-corrected chi connectivity index (χ0v) is 15.4. The summed E-state index contributed by atoms with van der Waals surface area (Å²) in [6.45, 7) is 0.522. The summed E-state index contributed by atoms with van der Waals surface area (Å²) in [5.74, 6) is -1.29. The average molecular weight is 398 g/mol. The normalized spacial score (nSPS) is 21.4. The number of carboxylic acids is 1. The van der Waals surface area contributed by atoms with Gasteiger partial charge in [-0.2, -0.15) is 0 Å². The van der Waals surface area contributed by atoms with Gasteiger partial charge in [0.05, 0.1) is 5.92 Å². The number of methoxy groups -OCH3 is 1. The first-order valence-corrected chi connectivity index (χ1v) is 9.05. The molecular formula is C18H24BrNO4. The maximum atomic E-state index is 12.6. The third kappa shape index (κ3) is 5.60. The number of ether oxygens (including phenoxy) is 1.